The molecule has 5 heteroatoms. The van der Waals surface area contributed by atoms with Gasteiger partial charge in [-0.25, -0.2) is 0 Å². The highest BCUT2D eigenvalue weighted by Gasteiger charge is 2.35. The largest absolute Gasteiger partial charge is 0.355 e. The maximum absolute atomic E-state index is 12.1. The van der Waals surface area contributed by atoms with Crippen LogP contribution in [0.1, 0.15) is 25.8 Å². The summed E-state index contributed by atoms with van der Waals surface area (Å²) in [6, 6.07) is 7.75. The smallest absolute Gasteiger partial charge is 0.225 e. The van der Waals surface area contributed by atoms with Gasteiger partial charge in [0, 0.05) is 30.6 Å². The average Bonchev–Trinajstić information content (AvgIpc) is 2.83. The molecule has 21 heavy (non-hydrogen) atoms. The molecule has 1 unspecified atom stereocenters. The summed E-state index contributed by atoms with van der Waals surface area (Å²) in [7, 11) is 0. The molecule has 1 N–H and O–H groups in total. The van der Waals surface area contributed by atoms with Crippen LogP contribution in [0.2, 0.25) is 5.02 Å². The maximum Gasteiger partial charge on any atom is 0.225 e. The van der Waals surface area contributed by atoms with Gasteiger partial charge >= 0.3 is 0 Å². The molecule has 0 saturated carbocycles. The fourth-order valence-electron chi connectivity index (χ4n) is 2.53. The number of amides is 2. The van der Waals surface area contributed by atoms with E-state index < -0.39 is 0 Å². The van der Waals surface area contributed by atoms with E-state index in [0.29, 0.717) is 24.5 Å². The van der Waals surface area contributed by atoms with Gasteiger partial charge in [0.15, 0.2) is 0 Å². The molecule has 0 radical (unpaired) electrons. The Balaban J connectivity index is 1.78. The van der Waals surface area contributed by atoms with Crippen LogP contribution < -0.4 is 5.32 Å². The Morgan fingerprint density at radius 1 is 1.38 bits per heavy atom. The predicted octanol–water partition coefficient (Wildman–Crippen LogP) is 2.26. The van der Waals surface area contributed by atoms with Gasteiger partial charge in [0.2, 0.25) is 11.8 Å². The van der Waals surface area contributed by atoms with Gasteiger partial charge in [-0.15, -0.1) is 0 Å². The quantitative estimate of drug-likeness (QED) is 0.907. The van der Waals surface area contributed by atoms with Gasteiger partial charge in [-0.05, 0) is 38.0 Å². The van der Waals surface area contributed by atoms with Gasteiger partial charge in [0.05, 0.1) is 5.92 Å². The zero-order valence-corrected chi connectivity index (χ0v) is 13.2. The van der Waals surface area contributed by atoms with Crippen molar-refractivity contribution in [1.29, 1.82) is 0 Å². The third-order valence-corrected chi connectivity index (χ3v) is 4.03. The van der Waals surface area contributed by atoms with Crippen LogP contribution in [0.25, 0.3) is 0 Å². The van der Waals surface area contributed by atoms with Crippen LogP contribution >= 0.6 is 11.6 Å². The number of hydrogen-bond donors (Lipinski definition) is 1. The number of carbonyl (C=O) groups excluding carboxylic acids is 2. The van der Waals surface area contributed by atoms with E-state index >= 15 is 0 Å². The molecule has 1 aliphatic heterocycles. The van der Waals surface area contributed by atoms with Crippen LogP contribution in [-0.2, 0) is 16.0 Å². The first-order chi connectivity index (χ1) is 9.97. The number of benzene rings is 1. The molecule has 4 nitrogen and oxygen atoms in total. The number of likely N-dealkylation sites (tertiary alicyclic amines) is 1. The van der Waals surface area contributed by atoms with Crippen molar-refractivity contribution in [3.8, 4) is 0 Å². The lowest BCUT2D eigenvalue weighted by Crippen LogP contribution is -2.36. The minimum atomic E-state index is -0.217. The second-order valence-electron chi connectivity index (χ2n) is 5.71. The SMILES string of the molecule is CC(C)N1CC(C(=O)NCCc2ccc(Cl)cc2)CC1=O. The number of hydrogen-bond acceptors (Lipinski definition) is 2. The standard InChI is InChI=1S/C16H21ClN2O2/c1-11(2)19-10-13(9-15(19)20)16(21)18-8-7-12-3-5-14(17)6-4-12/h3-6,11,13H,7-10H2,1-2H3,(H,18,21). The van der Waals surface area contributed by atoms with Crippen LogP contribution in [0.15, 0.2) is 24.3 Å². The molecule has 1 fully saturated rings. The van der Waals surface area contributed by atoms with Crippen LogP contribution in [0.3, 0.4) is 0 Å². The van der Waals surface area contributed by atoms with Gasteiger partial charge in [0.25, 0.3) is 0 Å². The molecule has 0 bridgehead atoms. The molecule has 1 saturated heterocycles. The maximum atomic E-state index is 12.1. The van der Waals surface area contributed by atoms with Gasteiger partial charge in [-0.1, -0.05) is 23.7 Å². The zero-order valence-electron chi connectivity index (χ0n) is 12.4. The van der Waals surface area contributed by atoms with Crippen molar-refractivity contribution >= 4 is 23.4 Å². The van der Waals surface area contributed by atoms with E-state index in [-0.39, 0.29) is 23.8 Å². The number of nitrogens with one attached hydrogen (secondary N) is 1. The molecular weight excluding hydrogens is 288 g/mol. The van der Waals surface area contributed by atoms with E-state index in [0.717, 1.165) is 12.0 Å². The number of carbonyl (C=O) groups is 2. The molecular formula is C16H21ClN2O2. The summed E-state index contributed by atoms with van der Waals surface area (Å²) in [5, 5.41) is 3.63. The van der Waals surface area contributed by atoms with Crippen molar-refractivity contribution in [1.82, 2.24) is 10.2 Å². The van der Waals surface area contributed by atoms with Gasteiger partial charge in [-0.2, -0.15) is 0 Å². The van der Waals surface area contributed by atoms with E-state index in [1.54, 1.807) is 4.90 Å². The average molecular weight is 309 g/mol. The Hall–Kier alpha value is -1.55. The first kappa shape index (κ1) is 15.8. The molecule has 1 aromatic carbocycles. The molecule has 0 aliphatic carbocycles. The molecule has 1 aliphatic rings. The third kappa shape index (κ3) is 4.21. The van der Waals surface area contributed by atoms with Crippen LogP contribution in [-0.4, -0.2) is 35.8 Å². The van der Waals surface area contributed by atoms with Crippen molar-refractivity contribution in [2.45, 2.75) is 32.7 Å². The summed E-state index contributed by atoms with van der Waals surface area (Å²) in [6.45, 7) is 5.05. The highest BCUT2D eigenvalue weighted by Crippen LogP contribution is 2.20. The summed E-state index contributed by atoms with van der Waals surface area (Å²) in [6.07, 6.45) is 1.09. The Labute approximate surface area is 130 Å². The number of nitrogens with zero attached hydrogens (tertiary/aromatic N) is 1. The summed E-state index contributed by atoms with van der Waals surface area (Å²) >= 11 is 5.83. The molecule has 2 rings (SSSR count). The normalized spacial score (nSPS) is 18.4. The van der Waals surface area contributed by atoms with Gasteiger partial charge < -0.3 is 10.2 Å². The van der Waals surface area contributed by atoms with Crippen molar-refractivity contribution in [2.24, 2.45) is 5.92 Å². The van der Waals surface area contributed by atoms with Crippen LogP contribution in [0, 0.1) is 5.92 Å². The lowest BCUT2D eigenvalue weighted by molar-refractivity contribution is -0.129. The Bertz CT molecular complexity index is 514. The highest BCUT2D eigenvalue weighted by molar-refractivity contribution is 6.30. The number of rotatable bonds is 5. The lowest BCUT2D eigenvalue weighted by atomic mass is 10.1. The zero-order chi connectivity index (χ0) is 15.4. The second-order valence-corrected chi connectivity index (χ2v) is 6.14. The van der Waals surface area contributed by atoms with Gasteiger partial charge in [0.1, 0.15) is 0 Å². The molecule has 1 aromatic rings. The van der Waals surface area contributed by atoms with E-state index in [4.69, 9.17) is 11.6 Å². The molecule has 114 valence electrons. The predicted molar refractivity (Wildman–Crippen MR) is 83.1 cm³/mol. The summed E-state index contributed by atoms with van der Waals surface area (Å²) in [4.78, 5) is 25.7. The van der Waals surface area contributed by atoms with E-state index in [2.05, 4.69) is 5.32 Å². The first-order valence-electron chi connectivity index (χ1n) is 7.29. The molecule has 1 atom stereocenters. The van der Waals surface area contributed by atoms with Crippen LogP contribution in [0.4, 0.5) is 0 Å². The Morgan fingerprint density at radius 2 is 2.05 bits per heavy atom. The Morgan fingerprint density at radius 3 is 2.62 bits per heavy atom. The van der Waals surface area contributed by atoms with E-state index in [9.17, 15) is 9.59 Å². The lowest BCUT2D eigenvalue weighted by Gasteiger charge is -2.20. The van der Waals surface area contributed by atoms with Crippen LogP contribution in [0.5, 0.6) is 0 Å². The van der Waals surface area contributed by atoms with Crippen molar-refractivity contribution in [3.05, 3.63) is 34.9 Å². The van der Waals surface area contributed by atoms with Crippen molar-refractivity contribution < 1.29 is 9.59 Å². The molecule has 0 aromatic heterocycles. The molecule has 2 amide bonds. The topological polar surface area (TPSA) is 49.4 Å². The summed E-state index contributed by atoms with van der Waals surface area (Å²) in [5.41, 5.74) is 1.13. The monoisotopic (exact) mass is 308 g/mol. The van der Waals surface area contributed by atoms with Crippen molar-refractivity contribution in [3.63, 3.8) is 0 Å². The summed E-state index contributed by atoms with van der Waals surface area (Å²) in [5.74, 6) is -0.173. The first-order valence-corrected chi connectivity index (χ1v) is 7.67. The summed E-state index contributed by atoms with van der Waals surface area (Å²) < 4.78 is 0. The minimum Gasteiger partial charge on any atom is -0.355 e. The van der Waals surface area contributed by atoms with E-state index in [1.807, 2.05) is 38.1 Å². The second kappa shape index (κ2) is 6.94. The highest BCUT2D eigenvalue weighted by atomic mass is 35.5. The van der Waals surface area contributed by atoms with Gasteiger partial charge in [-0.3, -0.25) is 9.59 Å². The Kier molecular flexibility index (Phi) is 5.23. The fourth-order valence-corrected chi connectivity index (χ4v) is 2.66. The molecule has 0 spiro atoms. The van der Waals surface area contributed by atoms with Crippen molar-refractivity contribution in [2.75, 3.05) is 13.1 Å². The third-order valence-electron chi connectivity index (χ3n) is 3.78. The molecule has 1 heterocycles. The minimum absolute atomic E-state index is 0.0273. The fraction of sp³-hybridized carbons (Fsp3) is 0.500. The number of halogens is 1. The van der Waals surface area contributed by atoms with E-state index in [1.165, 1.54) is 0 Å².